The molecule has 0 fully saturated rings. The van der Waals surface area contributed by atoms with E-state index in [1.165, 1.54) is 21.5 Å². The quantitative estimate of drug-likeness (QED) is 0.417. The zero-order chi connectivity index (χ0) is 19.2. The summed E-state index contributed by atoms with van der Waals surface area (Å²) >= 11 is 0. The highest BCUT2D eigenvalue weighted by molar-refractivity contribution is 7.95. The summed E-state index contributed by atoms with van der Waals surface area (Å²) in [6.45, 7) is 0. The minimum atomic E-state index is -1.86. The number of benzene rings is 4. The van der Waals surface area contributed by atoms with E-state index in [1.807, 2.05) is 6.07 Å². The van der Waals surface area contributed by atoms with Gasteiger partial charge in [0.15, 0.2) is 0 Å². The van der Waals surface area contributed by atoms with Gasteiger partial charge in [0.1, 0.15) is 28.9 Å². The van der Waals surface area contributed by atoms with E-state index in [-0.39, 0.29) is 0 Å². The van der Waals surface area contributed by atoms with Crippen LogP contribution in [0.4, 0.5) is 0 Å². The molecule has 0 aromatic heterocycles. The highest BCUT2D eigenvalue weighted by Crippen LogP contribution is 2.58. The number of rotatable bonds is 6. The highest BCUT2D eigenvalue weighted by atomic mass is 31.2. The van der Waals surface area contributed by atoms with Crippen LogP contribution in [-0.4, -0.2) is 7.11 Å². The Morgan fingerprint density at radius 1 is 0.571 bits per heavy atom. The summed E-state index contributed by atoms with van der Waals surface area (Å²) in [7, 11) is -0.132. The van der Waals surface area contributed by atoms with Gasteiger partial charge in [0.2, 0.25) is 0 Å². The summed E-state index contributed by atoms with van der Waals surface area (Å²) in [5.41, 5.74) is 1.30. The van der Waals surface area contributed by atoms with Gasteiger partial charge in [0, 0.05) is 0 Å². The molecule has 0 saturated carbocycles. The van der Waals surface area contributed by atoms with Gasteiger partial charge in [-0.05, 0) is 54.1 Å². The molecule has 0 aliphatic rings. The SMILES string of the molecule is COc1cccc(C[P+](c2ccccc2)(c2ccccc2)c2ccccc2)c1. The zero-order valence-electron chi connectivity index (χ0n) is 16.0. The lowest BCUT2D eigenvalue weighted by Crippen LogP contribution is -2.32. The first-order chi connectivity index (χ1) is 13.8. The summed E-state index contributed by atoms with van der Waals surface area (Å²) in [6.07, 6.45) is 0.961. The Kier molecular flexibility index (Phi) is 5.55. The van der Waals surface area contributed by atoms with Gasteiger partial charge in [-0.3, -0.25) is 0 Å². The molecule has 0 saturated heterocycles. The predicted molar refractivity (Wildman–Crippen MR) is 122 cm³/mol. The van der Waals surface area contributed by atoms with Crippen LogP contribution in [0.5, 0.6) is 5.75 Å². The normalized spacial score (nSPS) is 11.2. The number of methoxy groups -OCH3 is 1. The van der Waals surface area contributed by atoms with Gasteiger partial charge in [-0.15, -0.1) is 0 Å². The Morgan fingerprint density at radius 2 is 1.04 bits per heavy atom. The minimum Gasteiger partial charge on any atom is -0.497 e. The molecule has 0 spiro atoms. The van der Waals surface area contributed by atoms with Crippen molar-refractivity contribution in [2.75, 3.05) is 7.11 Å². The molecular formula is C26H24OP+. The van der Waals surface area contributed by atoms with Gasteiger partial charge >= 0.3 is 0 Å². The Labute approximate surface area is 168 Å². The second kappa shape index (κ2) is 8.42. The van der Waals surface area contributed by atoms with Crippen LogP contribution in [-0.2, 0) is 6.16 Å². The van der Waals surface area contributed by atoms with Crippen molar-refractivity contribution >= 4 is 23.2 Å². The van der Waals surface area contributed by atoms with E-state index in [9.17, 15) is 0 Å². The largest absolute Gasteiger partial charge is 0.497 e. The summed E-state index contributed by atoms with van der Waals surface area (Å²) in [5.74, 6) is 0.907. The van der Waals surface area contributed by atoms with Crippen LogP contribution in [0.25, 0.3) is 0 Å². The zero-order valence-corrected chi connectivity index (χ0v) is 16.9. The predicted octanol–water partition coefficient (Wildman–Crippen LogP) is 5.19. The van der Waals surface area contributed by atoms with Crippen molar-refractivity contribution in [3.63, 3.8) is 0 Å². The fourth-order valence-corrected chi connectivity index (χ4v) is 8.04. The Balaban J connectivity index is 1.98. The van der Waals surface area contributed by atoms with Crippen molar-refractivity contribution in [1.29, 1.82) is 0 Å². The first kappa shape index (κ1) is 18.5. The van der Waals surface area contributed by atoms with Gasteiger partial charge in [-0.1, -0.05) is 66.7 Å². The summed E-state index contributed by atoms with van der Waals surface area (Å²) in [4.78, 5) is 0. The van der Waals surface area contributed by atoms with E-state index < -0.39 is 7.26 Å². The fourth-order valence-electron chi connectivity index (χ4n) is 3.81. The van der Waals surface area contributed by atoms with E-state index in [0.717, 1.165) is 11.9 Å². The molecule has 0 heterocycles. The van der Waals surface area contributed by atoms with Crippen LogP contribution >= 0.6 is 7.26 Å². The number of ether oxygens (including phenoxy) is 1. The molecule has 4 rings (SSSR count). The van der Waals surface area contributed by atoms with E-state index in [0.29, 0.717) is 0 Å². The first-order valence-corrected chi connectivity index (χ1v) is 11.5. The lowest BCUT2D eigenvalue weighted by molar-refractivity contribution is 0.414. The first-order valence-electron chi connectivity index (χ1n) is 9.51. The van der Waals surface area contributed by atoms with Gasteiger partial charge in [0.05, 0.1) is 13.3 Å². The highest BCUT2D eigenvalue weighted by Gasteiger charge is 2.45. The molecule has 0 amide bonds. The lowest BCUT2D eigenvalue weighted by atomic mass is 10.2. The molecule has 28 heavy (non-hydrogen) atoms. The Morgan fingerprint density at radius 3 is 1.46 bits per heavy atom. The van der Waals surface area contributed by atoms with Crippen molar-refractivity contribution in [2.24, 2.45) is 0 Å². The molecule has 4 aromatic rings. The molecule has 0 bridgehead atoms. The third-order valence-electron chi connectivity index (χ3n) is 5.14. The van der Waals surface area contributed by atoms with E-state index in [1.54, 1.807) is 7.11 Å². The van der Waals surface area contributed by atoms with E-state index in [2.05, 4.69) is 109 Å². The monoisotopic (exact) mass is 383 g/mol. The number of hydrogen-bond donors (Lipinski definition) is 0. The van der Waals surface area contributed by atoms with Crippen LogP contribution in [0.15, 0.2) is 115 Å². The van der Waals surface area contributed by atoms with Gasteiger partial charge in [0.25, 0.3) is 0 Å². The third-order valence-corrected chi connectivity index (χ3v) is 9.52. The second-order valence-corrected chi connectivity index (χ2v) is 10.3. The average molecular weight is 383 g/mol. The van der Waals surface area contributed by atoms with Crippen LogP contribution < -0.4 is 20.7 Å². The van der Waals surface area contributed by atoms with Gasteiger partial charge < -0.3 is 4.74 Å². The molecule has 1 nitrogen and oxygen atoms in total. The Hall–Kier alpha value is -2.89. The van der Waals surface area contributed by atoms with Crippen LogP contribution in [0.2, 0.25) is 0 Å². The van der Waals surface area contributed by atoms with Crippen molar-refractivity contribution in [3.8, 4) is 5.75 Å². The molecule has 0 radical (unpaired) electrons. The molecular weight excluding hydrogens is 359 g/mol. The molecule has 4 aromatic carbocycles. The van der Waals surface area contributed by atoms with Gasteiger partial charge in [-0.25, -0.2) is 0 Å². The molecule has 138 valence electrons. The summed E-state index contributed by atoms with van der Waals surface area (Å²) in [6, 6.07) is 41.4. The van der Waals surface area contributed by atoms with E-state index in [4.69, 9.17) is 4.74 Å². The maximum absolute atomic E-state index is 5.50. The maximum atomic E-state index is 5.50. The summed E-state index contributed by atoms with van der Waals surface area (Å²) < 4.78 is 5.50. The molecule has 0 aliphatic carbocycles. The number of hydrogen-bond acceptors (Lipinski definition) is 1. The molecule has 0 N–H and O–H groups in total. The smallest absolute Gasteiger partial charge is 0.119 e. The Bertz CT molecular complexity index is 917. The van der Waals surface area contributed by atoms with Crippen LogP contribution in [0, 0.1) is 0 Å². The molecule has 0 aliphatic heterocycles. The topological polar surface area (TPSA) is 9.23 Å². The minimum absolute atomic E-state index is 0.907. The third kappa shape index (κ3) is 3.59. The average Bonchev–Trinajstić information content (AvgIpc) is 2.79. The fraction of sp³-hybridized carbons (Fsp3) is 0.0769. The summed E-state index contributed by atoms with van der Waals surface area (Å²) in [5, 5.41) is 4.20. The molecule has 0 unspecified atom stereocenters. The van der Waals surface area contributed by atoms with Crippen molar-refractivity contribution < 1.29 is 4.74 Å². The standard InChI is InChI=1S/C26H24OP/c1-27-23-13-11-12-22(20-23)21-28(24-14-5-2-6-15-24,25-16-7-3-8-17-25)26-18-9-4-10-19-26/h2-20H,21H2,1H3/q+1. The molecule has 0 atom stereocenters. The second-order valence-electron chi connectivity index (χ2n) is 6.83. The van der Waals surface area contributed by atoms with Crippen molar-refractivity contribution in [3.05, 3.63) is 121 Å². The van der Waals surface area contributed by atoms with Crippen molar-refractivity contribution in [2.45, 2.75) is 6.16 Å². The van der Waals surface area contributed by atoms with Crippen LogP contribution in [0.1, 0.15) is 5.56 Å². The van der Waals surface area contributed by atoms with Crippen molar-refractivity contribution in [1.82, 2.24) is 0 Å². The maximum Gasteiger partial charge on any atom is 0.119 e. The van der Waals surface area contributed by atoms with E-state index >= 15 is 0 Å². The lowest BCUT2D eigenvalue weighted by Gasteiger charge is -2.28. The molecule has 2 heteroatoms. The van der Waals surface area contributed by atoms with Crippen LogP contribution in [0.3, 0.4) is 0 Å². The van der Waals surface area contributed by atoms with Gasteiger partial charge in [-0.2, -0.15) is 0 Å².